The fourth-order valence-corrected chi connectivity index (χ4v) is 5.20. The van der Waals surface area contributed by atoms with Gasteiger partial charge in [-0.2, -0.15) is 0 Å². The second-order valence-corrected chi connectivity index (χ2v) is 8.66. The highest BCUT2D eigenvalue weighted by Crippen LogP contribution is 2.33. The second-order valence-electron chi connectivity index (χ2n) is 7.52. The molecule has 1 aromatic carbocycles. The summed E-state index contributed by atoms with van der Waals surface area (Å²) in [5, 5.41) is 3.11. The number of nitrogens with zero attached hydrogens (tertiary/aromatic N) is 1. The van der Waals surface area contributed by atoms with Gasteiger partial charge < -0.3 is 10.2 Å². The van der Waals surface area contributed by atoms with Gasteiger partial charge in [-0.05, 0) is 73.4 Å². The van der Waals surface area contributed by atoms with Crippen molar-refractivity contribution in [2.75, 3.05) is 19.4 Å². The molecule has 5 heteroatoms. The summed E-state index contributed by atoms with van der Waals surface area (Å²) in [6.45, 7) is 0. The summed E-state index contributed by atoms with van der Waals surface area (Å²) in [7, 11) is 3.54. The predicted molar refractivity (Wildman–Crippen MR) is 105 cm³/mol. The van der Waals surface area contributed by atoms with Crippen LogP contribution in [0.25, 0.3) is 0 Å². The van der Waals surface area contributed by atoms with Crippen LogP contribution in [0.5, 0.6) is 0 Å². The van der Waals surface area contributed by atoms with Gasteiger partial charge in [0.05, 0.1) is 4.88 Å². The van der Waals surface area contributed by atoms with Crippen LogP contribution in [0, 0.1) is 5.92 Å². The van der Waals surface area contributed by atoms with Crippen LogP contribution in [0.3, 0.4) is 0 Å². The second kappa shape index (κ2) is 6.88. The Morgan fingerprint density at radius 3 is 2.69 bits per heavy atom. The van der Waals surface area contributed by atoms with Crippen molar-refractivity contribution in [3.63, 3.8) is 0 Å². The number of thiophene rings is 1. The summed E-state index contributed by atoms with van der Waals surface area (Å²) in [6.07, 6.45) is 5.93. The number of carbonyl (C=O) groups excluding carboxylic acids is 2. The highest BCUT2D eigenvalue weighted by atomic mass is 32.1. The van der Waals surface area contributed by atoms with Crippen molar-refractivity contribution in [2.24, 2.45) is 5.92 Å². The number of rotatable bonds is 3. The van der Waals surface area contributed by atoms with Crippen LogP contribution < -0.4 is 5.32 Å². The fourth-order valence-electron chi connectivity index (χ4n) is 3.97. The Bertz CT molecular complexity index is 869. The van der Waals surface area contributed by atoms with E-state index < -0.39 is 0 Å². The van der Waals surface area contributed by atoms with Gasteiger partial charge in [0.25, 0.3) is 5.91 Å². The molecule has 0 saturated heterocycles. The summed E-state index contributed by atoms with van der Waals surface area (Å²) in [6, 6.07) is 8.29. The molecule has 0 radical (unpaired) electrons. The van der Waals surface area contributed by atoms with Crippen LogP contribution in [-0.2, 0) is 30.5 Å². The van der Waals surface area contributed by atoms with Crippen molar-refractivity contribution < 1.29 is 9.59 Å². The molecular formula is C21H24N2O2S. The first-order valence-electron chi connectivity index (χ1n) is 9.27. The summed E-state index contributed by atoms with van der Waals surface area (Å²) in [4.78, 5) is 28.6. The van der Waals surface area contributed by atoms with Crippen LogP contribution in [0.2, 0.25) is 0 Å². The Morgan fingerprint density at radius 2 is 1.88 bits per heavy atom. The molecule has 0 saturated carbocycles. The van der Waals surface area contributed by atoms with Crippen LogP contribution in [0.4, 0.5) is 5.69 Å². The number of nitrogens with one attached hydrogen (secondary N) is 1. The molecular weight excluding hydrogens is 344 g/mol. The lowest BCUT2D eigenvalue weighted by Crippen LogP contribution is -2.27. The van der Waals surface area contributed by atoms with Gasteiger partial charge in [-0.3, -0.25) is 9.59 Å². The molecule has 2 amide bonds. The minimum absolute atomic E-state index is 0.0207. The zero-order valence-electron chi connectivity index (χ0n) is 15.3. The topological polar surface area (TPSA) is 49.4 Å². The Kier molecular flexibility index (Phi) is 4.57. The molecule has 0 aliphatic heterocycles. The maximum Gasteiger partial charge on any atom is 0.263 e. The molecule has 1 N–H and O–H groups in total. The molecule has 2 aromatic rings. The number of anilines is 1. The number of hydrogen-bond acceptors (Lipinski definition) is 3. The molecule has 4 rings (SSSR count). The van der Waals surface area contributed by atoms with E-state index in [2.05, 4.69) is 17.4 Å². The largest absolute Gasteiger partial charge is 0.344 e. The first kappa shape index (κ1) is 17.3. The van der Waals surface area contributed by atoms with Gasteiger partial charge in [-0.25, -0.2) is 0 Å². The fraction of sp³-hybridized carbons (Fsp3) is 0.429. The van der Waals surface area contributed by atoms with Crippen molar-refractivity contribution in [1.82, 2.24) is 4.90 Å². The standard InChI is InChI=1S/C21H24N2O2S/c1-23(2)21(25)19-12-16-10-15(7-9-18(16)26-19)20(24)22-17-8-6-13-4-3-5-14(13)11-17/h6,8,11-12,15H,3-5,7,9-10H2,1-2H3,(H,22,24)/t15-/m0/s1. The lowest BCUT2D eigenvalue weighted by atomic mass is 9.87. The van der Waals surface area contributed by atoms with Crippen molar-refractivity contribution >= 4 is 28.8 Å². The van der Waals surface area contributed by atoms with Crippen molar-refractivity contribution in [3.05, 3.63) is 50.7 Å². The van der Waals surface area contributed by atoms with Crippen molar-refractivity contribution in [1.29, 1.82) is 0 Å². The van der Waals surface area contributed by atoms with E-state index in [0.29, 0.717) is 0 Å². The van der Waals surface area contributed by atoms with Crippen molar-refractivity contribution in [3.8, 4) is 0 Å². The quantitative estimate of drug-likeness (QED) is 0.898. The van der Waals surface area contributed by atoms with Gasteiger partial charge in [0.1, 0.15) is 0 Å². The lowest BCUT2D eigenvalue weighted by Gasteiger charge is -2.21. The van der Waals surface area contributed by atoms with Gasteiger partial charge in [0.2, 0.25) is 5.91 Å². The Hall–Kier alpha value is -2.14. The molecule has 0 bridgehead atoms. The number of benzene rings is 1. The summed E-state index contributed by atoms with van der Waals surface area (Å²) in [5.41, 5.74) is 4.87. The van der Waals surface area contributed by atoms with E-state index >= 15 is 0 Å². The molecule has 136 valence electrons. The number of amides is 2. The summed E-state index contributed by atoms with van der Waals surface area (Å²) >= 11 is 1.58. The van der Waals surface area contributed by atoms with E-state index in [1.165, 1.54) is 28.0 Å². The van der Waals surface area contributed by atoms with Gasteiger partial charge in [0, 0.05) is 30.6 Å². The highest BCUT2D eigenvalue weighted by molar-refractivity contribution is 7.14. The number of hydrogen-bond donors (Lipinski definition) is 1. The summed E-state index contributed by atoms with van der Waals surface area (Å²) < 4.78 is 0. The predicted octanol–water partition coefficient (Wildman–Crippen LogP) is 3.68. The number of fused-ring (bicyclic) bond motifs is 2. The van der Waals surface area contributed by atoms with E-state index in [-0.39, 0.29) is 17.7 Å². The van der Waals surface area contributed by atoms with E-state index in [1.54, 1.807) is 30.3 Å². The average Bonchev–Trinajstić information content (AvgIpc) is 3.26. The van der Waals surface area contributed by atoms with Crippen molar-refractivity contribution in [2.45, 2.75) is 38.5 Å². The van der Waals surface area contributed by atoms with Gasteiger partial charge in [0.15, 0.2) is 0 Å². The lowest BCUT2D eigenvalue weighted by molar-refractivity contribution is -0.120. The smallest absolute Gasteiger partial charge is 0.263 e. The molecule has 2 aliphatic carbocycles. The first-order valence-corrected chi connectivity index (χ1v) is 10.1. The highest BCUT2D eigenvalue weighted by Gasteiger charge is 2.28. The molecule has 1 aromatic heterocycles. The molecule has 1 atom stereocenters. The third-order valence-corrected chi connectivity index (χ3v) is 6.66. The van der Waals surface area contributed by atoms with Gasteiger partial charge in [-0.1, -0.05) is 6.07 Å². The Balaban J connectivity index is 1.45. The zero-order chi connectivity index (χ0) is 18.3. The summed E-state index contributed by atoms with van der Waals surface area (Å²) in [5.74, 6) is 0.122. The van der Waals surface area contributed by atoms with Crippen LogP contribution in [-0.4, -0.2) is 30.8 Å². The van der Waals surface area contributed by atoms with E-state index in [0.717, 1.165) is 42.7 Å². The first-order chi connectivity index (χ1) is 12.5. The minimum atomic E-state index is -0.0207. The average molecular weight is 369 g/mol. The van der Waals surface area contributed by atoms with Crippen LogP contribution >= 0.6 is 11.3 Å². The maximum absolute atomic E-state index is 12.7. The van der Waals surface area contributed by atoms with E-state index in [1.807, 2.05) is 12.1 Å². The third kappa shape index (κ3) is 3.28. The molecule has 1 heterocycles. The molecule has 0 unspecified atom stereocenters. The molecule has 0 fully saturated rings. The minimum Gasteiger partial charge on any atom is -0.344 e. The van der Waals surface area contributed by atoms with Crippen LogP contribution in [0.1, 0.15) is 44.1 Å². The SMILES string of the molecule is CN(C)C(=O)c1cc2c(s1)CC[C@H](C(=O)Nc1ccc3c(c1)CCC3)C2. The third-order valence-electron chi connectivity index (χ3n) is 5.44. The molecule has 2 aliphatic rings. The number of carbonyl (C=O) groups is 2. The number of aryl methyl sites for hydroxylation is 3. The monoisotopic (exact) mass is 368 g/mol. The normalized spacial score (nSPS) is 18.2. The Morgan fingerprint density at radius 1 is 1.08 bits per heavy atom. The zero-order valence-corrected chi connectivity index (χ0v) is 16.1. The van der Waals surface area contributed by atoms with Crippen LogP contribution in [0.15, 0.2) is 24.3 Å². The Labute approximate surface area is 158 Å². The molecule has 4 nitrogen and oxygen atoms in total. The van der Waals surface area contributed by atoms with Gasteiger partial charge >= 0.3 is 0 Å². The van der Waals surface area contributed by atoms with E-state index in [9.17, 15) is 9.59 Å². The van der Waals surface area contributed by atoms with Gasteiger partial charge in [-0.15, -0.1) is 11.3 Å². The molecule has 0 spiro atoms. The van der Waals surface area contributed by atoms with E-state index in [4.69, 9.17) is 0 Å². The maximum atomic E-state index is 12.7. The molecule has 26 heavy (non-hydrogen) atoms.